The van der Waals surface area contributed by atoms with Gasteiger partial charge in [0, 0.05) is 31.9 Å². The van der Waals surface area contributed by atoms with Crippen molar-refractivity contribution in [3.05, 3.63) is 24.0 Å². The number of nitrogens with zero attached hydrogens (tertiary/aromatic N) is 2. The highest BCUT2D eigenvalue weighted by atomic mass is 15.1. The van der Waals surface area contributed by atoms with Crippen molar-refractivity contribution in [2.75, 3.05) is 18.0 Å². The van der Waals surface area contributed by atoms with Gasteiger partial charge in [0.05, 0.1) is 11.9 Å². The molecule has 2 heterocycles. The van der Waals surface area contributed by atoms with Crippen LogP contribution in [0.3, 0.4) is 0 Å². The molecule has 0 spiro atoms. The minimum Gasteiger partial charge on any atom is -0.370 e. The van der Waals surface area contributed by atoms with E-state index in [2.05, 4.69) is 34.4 Å². The lowest BCUT2D eigenvalue weighted by Crippen LogP contribution is -2.27. The lowest BCUT2D eigenvalue weighted by Gasteiger charge is -2.25. The lowest BCUT2D eigenvalue weighted by atomic mass is 9.98. The largest absolute Gasteiger partial charge is 0.370 e. The first kappa shape index (κ1) is 13.9. The summed E-state index contributed by atoms with van der Waals surface area (Å²) in [4.78, 5) is 6.93. The van der Waals surface area contributed by atoms with Gasteiger partial charge in [0.2, 0.25) is 0 Å². The van der Waals surface area contributed by atoms with Crippen LogP contribution in [0.5, 0.6) is 0 Å². The quantitative estimate of drug-likeness (QED) is 0.891. The molecule has 1 aliphatic heterocycles. The smallest absolute Gasteiger partial charge is 0.0598 e. The maximum Gasteiger partial charge on any atom is 0.0598 e. The highest BCUT2D eigenvalue weighted by molar-refractivity contribution is 5.51. The topological polar surface area (TPSA) is 28.2 Å². The molecule has 1 atom stereocenters. The summed E-state index contributed by atoms with van der Waals surface area (Å²) in [6.07, 6.45) is 12.1. The zero-order chi connectivity index (χ0) is 13.8. The van der Waals surface area contributed by atoms with E-state index in [0.717, 1.165) is 18.5 Å². The predicted octanol–water partition coefficient (Wildman–Crippen LogP) is 3.35. The van der Waals surface area contributed by atoms with Crippen LogP contribution in [0.2, 0.25) is 0 Å². The molecule has 2 fully saturated rings. The van der Waals surface area contributed by atoms with Gasteiger partial charge in [-0.3, -0.25) is 4.98 Å². The molecular formula is C17H27N3. The van der Waals surface area contributed by atoms with Gasteiger partial charge in [0.25, 0.3) is 0 Å². The van der Waals surface area contributed by atoms with Crippen LogP contribution in [0.25, 0.3) is 0 Å². The molecule has 0 aromatic carbocycles. The highest BCUT2D eigenvalue weighted by Crippen LogP contribution is 2.27. The Morgan fingerprint density at radius 2 is 2.15 bits per heavy atom. The van der Waals surface area contributed by atoms with E-state index in [0.29, 0.717) is 0 Å². The van der Waals surface area contributed by atoms with Crippen molar-refractivity contribution in [3.63, 3.8) is 0 Å². The van der Waals surface area contributed by atoms with Gasteiger partial charge in [-0.15, -0.1) is 0 Å². The molecule has 3 heteroatoms. The summed E-state index contributed by atoms with van der Waals surface area (Å²) < 4.78 is 0. The van der Waals surface area contributed by atoms with Gasteiger partial charge in [-0.2, -0.15) is 0 Å². The van der Waals surface area contributed by atoms with E-state index in [1.54, 1.807) is 0 Å². The van der Waals surface area contributed by atoms with Gasteiger partial charge < -0.3 is 10.2 Å². The molecule has 3 nitrogen and oxygen atoms in total. The Balaban J connectivity index is 1.68. The summed E-state index contributed by atoms with van der Waals surface area (Å²) in [5.74, 6) is 0.921. The maximum absolute atomic E-state index is 4.36. The molecule has 1 N–H and O–H groups in total. The van der Waals surface area contributed by atoms with E-state index in [1.807, 2.05) is 6.20 Å². The Hall–Kier alpha value is -1.09. The Labute approximate surface area is 122 Å². The summed E-state index contributed by atoms with van der Waals surface area (Å²) in [5, 5.41) is 3.63. The SMILES string of the molecule is CCC1CCCN(c2cnccc2CNC2CC2)CC1. The van der Waals surface area contributed by atoms with E-state index < -0.39 is 0 Å². The molecule has 1 unspecified atom stereocenters. The van der Waals surface area contributed by atoms with Gasteiger partial charge >= 0.3 is 0 Å². The normalized spacial score (nSPS) is 23.6. The molecule has 1 saturated heterocycles. The van der Waals surface area contributed by atoms with Crippen molar-refractivity contribution in [1.82, 2.24) is 10.3 Å². The van der Waals surface area contributed by atoms with Crippen molar-refractivity contribution in [3.8, 4) is 0 Å². The molecule has 110 valence electrons. The average Bonchev–Trinajstić information content (AvgIpc) is 3.32. The second kappa shape index (κ2) is 6.57. The van der Waals surface area contributed by atoms with E-state index in [-0.39, 0.29) is 0 Å². The molecule has 1 aliphatic carbocycles. The number of aromatic nitrogens is 1. The minimum absolute atomic E-state index is 0.768. The number of hydrogen-bond donors (Lipinski definition) is 1. The Morgan fingerprint density at radius 3 is 2.95 bits per heavy atom. The van der Waals surface area contributed by atoms with Crippen LogP contribution in [-0.4, -0.2) is 24.1 Å². The third-order valence-corrected chi connectivity index (χ3v) is 4.81. The summed E-state index contributed by atoms with van der Waals surface area (Å²) in [6, 6.07) is 2.96. The first-order valence-corrected chi connectivity index (χ1v) is 8.28. The Morgan fingerprint density at radius 1 is 1.25 bits per heavy atom. The second-order valence-corrected chi connectivity index (χ2v) is 6.35. The van der Waals surface area contributed by atoms with Crippen LogP contribution in [0, 0.1) is 5.92 Å². The summed E-state index contributed by atoms with van der Waals surface area (Å²) in [7, 11) is 0. The summed E-state index contributed by atoms with van der Waals surface area (Å²) in [5.41, 5.74) is 2.78. The zero-order valence-electron chi connectivity index (χ0n) is 12.6. The van der Waals surface area contributed by atoms with Crippen molar-refractivity contribution in [2.24, 2.45) is 5.92 Å². The van der Waals surface area contributed by atoms with Crippen molar-refractivity contribution in [2.45, 2.75) is 58.0 Å². The van der Waals surface area contributed by atoms with Crippen LogP contribution in [0.1, 0.15) is 51.0 Å². The van der Waals surface area contributed by atoms with Crippen LogP contribution in [0.15, 0.2) is 18.5 Å². The van der Waals surface area contributed by atoms with Gasteiger partial charge in [-0.1, -0.05) is 13.3 Å². The maximum atomic E-state index is 4.36. The van der Waals surface area contributed by atoms with E-state index >= 15 is 0 Å². The average molecular weight is 273 g/mol. The number of anilines is 1. The molecule has 2 aliphatic rings. The molecule has 0 amide bonds. The van der Waals surface area contributed by atoms with Crippen LogP contribution < -0.4 is 10.2 Å². The molecule has 1 saturated carbocycles. The molecule has 20 heavy (non-hydrogen) atoms. The van der Waals surface area contributed by atoms with Gasteiger partial charge in [0.15, 0.2) is 0 Å². The molecule has 3 rings (SSSR count). The lowest BCUT2D eigenvalue weighted by molar-refractivity contribution is 0.459. The molecular weight excluding hydrogens is 246 g/mol. The van der Waals surface area contributed by atoms with E-state index in [9.17, 15) is 0 Å². The molecule has 1 aromatic heterocycles. The fourth-order valence-corrected chi connectivity index (χ4v) is 3.21. The highest BCUT2D eigenvalue weighted by Gasteiger charge is 2.22. The predicted molar refractivity (Wildman–Crippen MR) is 83.9 cm³/mol. The third-order valence-electron chi connectivity index (χ3n) is 4.81. The molecule has 0 bridgehead atoms. The molecule has 1 aromatic rings. The summed E-state index contributed by atoms with van der Waals surface area (Å²) >= 11 is 0. The van der Waals surface area contributed by atoms with Crippen molar-refractivity contribution < 1.29 is 0 Å². The van der Waals surface area contributed by atoms with Crippen LogP contribution in [0.4, 0.5) is 5.69 Å². The number of hydrogen-bond acceptors (Lipinski definition) is 3. The van der Waals surface area contributed by atoms with E-state index in [1.165, 1.54) is 62.9 Å². The standard InChI is InChI=1S/C17H27N3/c1-2-14-4-3-10-20(11-8-14)17-13-18-9-7-15(17)12-19-16-5-6-16/h7,9,13-14,16,19H,2-6,8,10-12H2,1H3. The Bertz CT molecular complexity index is 428. The van der Waals surface area contributed by atoms with Gasteiger partial charge in [-0.05, 0) is 49.7 Å². The number of pyridine rings is 1. The van der Waals surface area contributed by atoms with Gasteiger partial charge in [0.1, 0.15) is 0 Å². The monoisotopic (exact) mass is 273 g/mol. The molecule has 0 radical (unpaired) electrons. The Kier molecular flexibility index (Phi) is 4.56. The first-order chi connectivity index (χ1) is 9.86. The summed E-state index contributed by atoms with van der Waals surface area (Å²) in [6.45, 7) is 5.71. The second-order valence-electron chi connectivity index (χ2n) is 6.35. The fourth-order valence-electron chi connectivity index (χ4n) is 3.21. The van der Waals surface area contributed by atoms with Crippen LogP contribution >= 0.6 is 0 Å². The number of rotatable bonds is 5. The number of nitrogens with one attached hydrogen (secondary N) is 1. The fraction of sp³-hybridized carbons (Fsp3) is 0.706. The van der Waals surface area contributed by atoms with Crippen molar-refractivity contribution >= 4 is 5.69 Å². The third kappa shape index (κ3) is 3.51. The van der Waals surface area contributed by atoms with E-state index in [4.69, 9.17) is 0 Å². The van der Waals surface area contributed by atoms with Crippen LogP contribution in [-0.2, 0) is 6.54 Å². The van der Waals surface area contributed by atoms with Gasteiger partial charge in [-0.25, -0.2) is 0 Å². The minimum atomic E-state index is 0.768. The zero-order valence-corrected chi connectivity index (χ0v) is 12.6. The first-order valence-electron chi connectivity index (χ1n) is 8.28. The van der Waals surface area contributed by atoms with Crippen molar-refractivity contribution in [1.29, 1.82) is 0 Å².